The molecule has 8 heteroatoms. The third-order valence-corrected chi connectivity index (χ3v) is 3.12. The van der Waals surface area contributed by atoms with Gasteiger partial charge in [0.15, 0.2) is 5.75 Å². The molecule has 1 aromatic rings. The quantitative estimate of drug-likeness (QED) is 0.334. The van der Waals surface area contributed by atoms with E-state index >= 15 is 0 Å². The van der Waals surface area contributed by atoms with Gasteiger partial charge in [0.05, 0.1) is 18.8 Å². The van der Waals surface area contributed by atoms with E-state index in [0.29, 0.717) is 0 Å². The van der Waals surface area contributed by atoms with Gasteiger partial charge in [-0.1, -0.05) is 0 Å². The van der Waals surface area contributed by atoms with Gasteiger partial charge >= 0.3 is 0 Å². The third kappa shape index (κ3) is 3.56. The molecule has 0 amide bonds. The van der Waals surface area contributed by atoms with Gasteiger partial charge in [0.25, 0.3) is 0 Å². The summed E-state index contributed by atoms with van der Waals surface area (Å²) in [7, 11) is 0. The lowest BCUT2D eigenvalue weighted by Crippen LogP contribution is -2.47. The highest BCUT2D eigenvalue weighted by Gasteiger charge is 2.30. The summed E-state index contributed by atoms with van der Waals surface area (Å²) in [6.07, 6.45) is -5.14. The van der Waals surface area contributed by atoms with Crippen LogP contribution < -0.4 is 5.43 Å². The van der Waals surface area contributed by atoms with E-state index in [1.165, 1.54) is 17.7 Å². The number of aliphatic hydroxyl groups is 5. The molecule has 20 heavy (non-hydrogen) atoms. The number of aliphatic hydroxyl groups excluding tert-OH is 5. The van der Waals surface area contributed by atoms with Gasteiger partial charge in [-0.25, -0.2) is 0 Å². The Labute approximate surface area is 114 Å². The molecule has 0 aliphatic heterocycles. The summed E-state index contributed by atoms with van der Waals surface area (Å²) < 4.78 is 1.32. The Bertz CT molecular complexity index is 501. The Morgan fingerprint density at radius 2 is 1.70 bits per heavy atom. The molecule has 1 aromatic heterocycles. The second kappa shape index (κ2) is 6.82. The molecule has 0 fully saturated rings. The maximum absolute atomic E-state index is 11.2. The maximum atomic E-state index is 11.2. The van der Waals surface area contributed by atoms with E-state index in [0.717, 1.165) is 6.07 Å². The zero-order valence-corrected chi connectivity index (χ0v) is 10.9. The monoisotopic (exact) mass is 289 g/mol. The average molecular weight is 289 g/mol. The first-order chi connectivity index (χ1) is 9.29. The van der Waals surface area contributed by atoms with Crippen molar-refractivity contribution in [2.24, 2.45) is 0 Å². The van der Waals surface area contributed by atoms with Crippen LogP contribution in [-0.4, -0.2) is 66.2 Å². The molecular weight excluding hydrogens is 270 g/mol. The summed E-state index contributed by atoms with van der Waals surface area (Å²) in [5, 5.41) is 56.2. The molecule has 0 aromatic carbocycles. The van der Waals surface area contributed by atoms with E-state index in [9.17, 15) is 30.3 Å². The summed E-state index contributed by atoms with van der Waals surface area (Å²) >= 11 is 0. The van der Waals surface area contributed by atoms with Gasteiger partial charge in [0.2, 0.25) is 5.43 Å². The number of aromatic hydroxyl groups is 1. The maximum Gasteiger partial charge on any atom is 0.223 e. The number of hydrogen-bond donors (Lipinski definition) is 6. The summed E-state index contributed by atoms with van der Waals surface area (Å²) in [5.41, 5.74) is -0.370. The van der Waals surface area contributed by atoms with Crippen LogP contribution in [0.4, 0.5) is 0 Å². The van der Waals surface area contributed by atoms with Crippen molar-refractivity contribution in [3.05, 3.63) is 28.2 Å². The molecule has 0 saturated heterocycles. The summed E-state index contributed by atoms with van der Waals surface area (Å²) in [4.78, 5) is 11.2. The van der Waals surface area contributed by atoms with Crippen LogP contribution in [0.2, 0.25) is 0 Å². The van der Waals surface area contributed by atoms with Gasteiger partial charge in [-0.05, 0) is 6.92 Å². The predicted molar refractivity (Wildman–Crippen MR) is 68.2 cm³/mol. The van der Waals surface area contributed by atoms with Crippen LogP contribution in [0.1, 0.15) is 5.69 Å². The molecule has 8 nitrogen and oxygen atoms in total. The van der Waals surface area contributed by atoms with Crippen LogP contribution in [0.5, 0.6) is 5.75 Å². The average Bonchev–Trinajstić information content (AvgIpc) is 2.45. The zero-order valence-electron chi connectivity index (χ0n) is 10.9. The zero-order chi connectivity index (χ0) is 15.4. The third-order valence-electron chi connectivity index (χ3n) is 3.12. The highest BCUT2D eigenvalue weighted by molar-refractivity contribution is 5.25. The molecule has 6 N–H and O–H groups in total. The topological polar surface area (TPSA) is 143 Å². The van der Waals surface area contributed by atoms with E-state index in [4.69, 9.17) is 5.11 Å². The Morgan fingerprint density at radius 3 is 2.25 bits per heavy atom. The SMILES string of the molecule is Cc1c(O)c(=O)ccn1CC(O)C(O)C(O)C(O)CO. The van der Waals surface area contributed by atoms with Gasteiger partial charge in [-0.3, -0.25) is 4.79 Å². The molecule has 4 atom stereocenters. The first-order valence-corrected chi connectivity index (χ1v) is 6.01. The highest BCUT2D eigenvalue weighted by Crippen LogP contribution is 2.12. The van der Waals surface area contributed by atoms with Crippen molar-refractivity contribution < 1.29 is 30.6 Å². The normalized spacial score (nSPS) is 17.5. The summed E-state index contributed by atoms with van der Waals surface area (Å²) in [6.45, 7) is 0.480. The minimum absolute atomic E-state index is 0.195. The van der Waals surface area contributed by atoms with Crippen LogP contribution in [-0.2, 0) is 6.54 Å². The van der Waals surface area contributed by atoms with Gasteiger partial charge in [0, 0.05) is 12.3 Å². The Balaban J connectivity index is 2.83. The molecule has 0 aliphatic carbocycles. The molecule has 0 radical (unpaired) electrons. The number of pyridine rings is 1. The van der Waals surface area contributed by atoms with Crippen molar-refractivity contribution in [3.8, 4) is 5.75 Å². The van der Waals surface area contributed by atoms with Crippen molar-refractivity contribution in [2.75, 3.05) is 6.61 Å². The fraction of sp³-hybridized carbons (Fsp3) is 0.583. The van der Waals surface area contributed by atoms with Crippen LogP contribution in [0.25, 0.3) is 0 Å². The van der Waals surface area contributed by atoms with Crippen molar-refractivity contribution in [1.29, 1.82) is 0 Å². The van der Waals surface area contributed by atoms with Crippen molar-refractivity contribution >= 4 is 0 Å². The molecule has 1 heterocycles. The van der Waals surface area contributed by atoms with Crippen LogP contribution >= 0.6 is 0 Å². The van der Waals surface area contributed by atoms with Crippen LogP contribution in [0.15, 0.2) is 17.1 Å². The number of hydrogen-bond acceptors (Lipinski definition) is 7. The molecule has 0 saturated carbocycles. The molecule has 4 unspecified atom stereocenters. The van der Waals surface area contributed by atoms with E-state index in [-0.39, 0.29) is 12.2 Å². The molecule has 0 spiro atoms. The number of aromatic nitrogens is 1. The lowest BCUT2D eigenvalue weighted by Gasteiger charge is -2.26. The van der Waals surface area contributed by atoms with E-state index in [2.05, 4.69) is 0 Å². The first kappa shape index (κ1) is 16.6. The van der Waals surface area contributed by atoms with Gasteiger partial charge in [-0.2, -0.15) is 0 Å². The number of rotatable bonds is 6. The fourth-order valence-electron chi connectivity index (χ4n) is 1.73. The Kier molecular flexibility index (Phi) is 5.66. The first-order valence-electron chi connectivity index (χ1n) is 6.01. The second-order valence-corrected chi connectivity index (χ2v) is 4.56. The molecule has 0 bridgehead atoms. The van der Waals surface area contributed by atoms with E-state index < -0.39 is 42.2 Å². The second-order valence-electron chi connectivity index (χ2n) is 4.56. The van der Waals surface area contributed by atoms with Crippen LogP contribution in [0.3, 0.4) is 0 Å². The fourth-order valence-corrected chi connectivity index (χ4v) is 1.73. The minimum Gasteiger partial charge on any atom is -0.503 e. The lowest BCUT2D eigenvalue weighted by molar-refractivity contribution is -0.117. The Hall–Kier alpha value is -1.45. The van der Waals surface area contributed by atoms with E-state index in [1.807, 2.05) is 0 Å². The number of nitrogens with zero attached hydrogens (tertiary/aromatic N) is 1. The predicted octanol–water partition coefficient (Wildman–Crippen LogP) is -2.70. The molecule has 0 aliphatic rings. The smallest absolute Gasteiger partial charge is 0.223 e. The van der Waals surface area contributed by atoms with Crippen molar-refractivity contribution in [3.63, 3.8) is 0 Å². The summed E-state index contributed by atoms with van der Waals surface area (Å²) in [5.74, 6) is -0.467. The lowest BCUT2D eigenvalue weighted by atomic mass is 10.0. The molecule has 1 rings (SSSR count). The van der Waals surface area contributed by atoms with E-state index in [1.54, 1.807) is 0 Å². The summed E-state index contributed by atoms with van der Waals surface area (Å²) in [6, 6.07) is 1.10. The van der Waals surface area contributed by atoms with Crippen molar-refractivity contribution in [1.82, 2.24) is 4.57 Å². The standard InChI is InChI=1S/C12H19NO7/c1-6-10(18)7(15)2-3-13(6)4-8(16)11(19)12(20)9(17)5-14/h2-3,8-9,11-12,14,16-20H,4-5H2,1H3. The van der Waals surface area contributed by atoms with Crippen LogP contribution in [0, 0.1) is 6.92 Å². The van der Waals surface area contributed by atoms with Crippen molar-refractivity contribution in [2.45, 2.75) is 37.9 Å². The molecule has 114 valence electrons. The Morgan fingerprint density at radius 1 is 1.15 bits per heavy atom. The largest absolute Gasteiger partial charge is 0.503 e. The van der Waals surface area contributed by atoms with Gasteiger partial charge in [-0.15, -0.1) is 0 Å². The highest BCUT2D eigenvalue weighted by atomic mass is 16.4. The van der Waals surface area contributed by atoms with Gasteiger partial charge in [0.1, 0.15) is 24.4 Å². The van der Waals surface area contributed by atoms with Gasteiger partial charge < -0.3 is 35.2 Å². The minimum atomic E-state index is -1.72. The molecular formula is C12H19NO7.